The minimum Gasteiger partial charge on any atom is -0.461 e. The average molecular weight is 346 g/mol. The van der Waals surface area contributed by atoms with Crippen LogP contribution in [0.3, 0.4) is 0 Å². The van der Waals surface area contributed by atoms with Gasteiger partial charge in [-0.1, -0.05) is 6.58 Å². The number of carbonyl (C=O) groups excluding carboxylic acids is 4. The predicted octanol–water partition coefficient (Wildman–Crippen LogP) is 0.467. The average Bonchev–Trinajstić information content (AvgIpc) is 2.46. The van der Waals surface area contributed by atoms with E-state index in [4.69, 9.17) is 14.2 Å². The standard InChI is InChI=1S/C14H22N2O8/c1-9(2)23-13(19)15-7-11(17)21-5-6-22-12(18)8-16-14(20)24-10(3)4/h10H,1,5-8H2,2-4H3,(H,15,19)(H,16,20). The van der Waals surface area contributed by atoms with E-state index in [1.54, 1.807) is 13.8 Å². The fraction of sp³-hybridized carbons (Fsp3) is 0.571. The Morgan fingerprint density at radius 3 is 1.79 bits per heavy atom. The maximum atomic E-state index is 11.3. The first-order chi connectivity index (χ1) is 11.2. The Morgan fingerprint density at radius 1 is 0.917 bits per heavy atom. The molecule has 0 radical (unpaired) electrons. The second-order valence-electron chi connectivity index (χ2n) is 4.69. The highest BCUT2D eigenvalue weighted by molar-refractivity contribution is 5.78. The number of hydrogen-bond acceptors (Lipinski definition) is 8. The van der Waals surface area contributed by atoms with Gasteiger partial charge in [0.05, 0.1) is 11.9 Å². The van der Waals surface area contributed by atoms with Crippen molar-refractivity contribution >= 4 is 24.1 Å². The first-order valence-electron chi connectivity index (χ1n) is 7.07. The van der Waals surface area contributed by atoms with Crippen LogP contribution in [0.4, 0.5) is 9.59 Å². The lowest BCUT2D eigenvalue weighted by Gasteiger charge is -2.10. The predicted molar refractivity (Wildman–Crippen MR) is 80.8 cm³/mol. The molecule has 0 unspecified atom stereocenters. The number of rotatable bonds is 9. The van der Waals surface area contributed by atoms with Gasteiger partial charge in [-0.2, -0.15) is 0 Å². The number of ether oxygens (including phenoxy) is 4. The van der Waals surface area contributed by atoms with Crippen molar-refractivity contribution in [1.29, 1.82) is 0 Å². The van der Waals surface area contributed by atoms with E-state index in [0.29, 0.717) is 0 Å². The topological polar surface area (TPSA) is 129 Å². The van der Waals surface area contributed by atoms with E-state index in [0.717, 1.165) is 0 Å². The van der Waals surface area contributed by atoms with E-state index in [-0.39, 0.29) is 31.6 Å². The zero-order valence-electron chi connectivity index (χ0n) is 13.9. The summed E-state index contributed by atoms with van der Waals surface area (Å²) < 4.78 is 18.7. The van der Waals surface area contributed by atoms with Crippen LogP contribution >= 0.6 is 0 Å². The van der Waals surface area contributed by atoms with Crippen molar-refractivity contribution in [1.82, 2.24) is 10.6 Å². The Balaban J connectivity index is 3.68. The molecular weight excluding hydrogens is 324 g/mol. The largest absolute Gasteiger partial charge is 0.461 e. The lowest BCUT2D eigenvalue weighted by molar-refractivity contribution is -0.150. The first kappa shape index (κ1) is 21.2. The van der Waals surface area contributed by atoms with Gasteiger partial charge in [-0.3, -0.25) is 9.59 Å². The quantitative estimate of drug-likeness (QED) is 0.267. The lowest BCUT2D eigenvalue weighted by atomic mass is 10.5. The molecule has 0 aromatic heterocycles. The fourth-order valence-electron chi connectivity index (χ4n) is 1.15. The van der Waals surface area contributed by atoms with Crippen LogP contribution in [0.1, 0.15) is 20.8 Å². The maximum absolute atomic E-state index is 11.3. The highest BCUT2D eigenvalue weighted by Crippen LogP contribution is 1.90. The number of carbonyl (C=O) groups is 4. The summed E-state index contributed by atoms with van der Waals surface area (Å²) in [5, 5.41) is 4.35. The summed E-state index contributed by atoms with van der Waals surface area (Å²) in [4.78, 5) is 44.7. The summed E-state index contributed by atoms with van der Waals surface area (Å²) >= 11 is 0. The molecule has 0 heterocycles. The highest BCUT2D eigenvalue weighted by atomic mass is 16.6. The van der Waals surface area contributed by atoms with E-state index in [2.05, 4.69) is 21.9 Å². The van der Waals surface area contributed by atoms with Gasteiger partial charge in [0.2, 0.25) is 0 Å². The van der Waals surface area contributed by atoms with Crippen LogP contribution in [-0.2, 0) is 28.5 Å². The molecule has 0 rings (SSSR count). The van der Waals surface area contributed by atoms with Crippen molar-refractivity contribution in [2.24, 2.45) is 0 Å². The third-order valence-corrected chi connectivity index (χ3v) is 1.97. The molecule has 2 N–H and O–H groups in total. The third-order valence-electron chi connectivity index (χ3n) is 1.97. The second kappa shape index (κ2) is 11.7. The molecule has 0 aromatic carbocycles. The maximum Gasteiger partial charge on any atom is 0.412 e. The molecule has 0 aliphatic rings. The highest BCUT2D eigenvalue weighted by Gasteiger charge is 2.10. The third kappa shape index (κ3) is 12.9. The second-order valence-corrected chi connectivity index (χ2v) is 4.69. The van der Waals surface area contributed by atoms with E-state index in [1.807, 2.05) is 0 Å². The van der Waals surface area contributed by atoms with Crippen molar-refractivity contribution in [3.63, 3.8) is 0 Å². The molecule has 0 atom stereocenters. The van der Waals surface area contributed by atoms with Gasteiger partial charge >= 0.3 is 24.1 Å². The van der Waals surface area contributed by atoms with Crippen molar-refractivity contribution in [2.45, 2.75) is 26.9 Å². The molecule has 0 bridgehead atoms. The first-order valence-corrected chi connectivity index (χ1v) is 7.07. The van der Waals surface area contributed by atoms with Crippen LogP contribution in [-0.4, -0.2) is 56.5 Å². The van der Waals surface area contributed by atoms with Crippen LogP contribution in [0.25, 0.3) is 0 Å². The van der Waals surface area contributed by atoms with Gasteiger partial charge in [-0.15, -0.1) is 0 Å². The zero-order chi connectivity index (χ0) is 18.5. The number of alkyl carbamates (subject to hydrolysis) is 2. The summed E-state index contributed by atoms with van der Waals surface area (Å²) in [5.41, 5.74) is 0. The number of esters is 2. The van der Waals surface area contributed by atoms with Gasteiger partial charge in [-0.25, -0.2) is 9.59 Å². The molecule has 2 amide bonds. The van der Waals surface area contributed by atoms with Crippen molar-refractivity contribution in [2.75, 3.05) is 26.3 Å². The summed E-state index contributed by atoms with van der Waals surface area (Å²) in [6, 6.07) is 0. The Hall–Kier alpha value is -2.78. The summed E-state index contributed by atoms with van der Waals surface area (Å²) in [7, 11) is 0. The zero-order valence-corrected chi connectivity index (χ0v) is 13.9. The monoisotopic (exact) mass is 346 g/mol. The lowest BCUT2D eigenvalue weighted by Crippen LogP contribution is -2.33. The van der Waals surface area contributed by atoms with E-state index < -0.39 is 30.7 Å². The van der Waals surface area contributed by atoms with E-state index >= 15 is 0 Å². The van der Waals surface area contributed by atoms with Gasteiger partial charge in [0, 0.05) is 0 Å². The fourth-order valence-corrected chi connectivity index (χ4v) is 1.15. The molecule has 0 aromatic rings. The number of allylic oxidation sites excluding steroid dienone is 1. The molecule has 10 heteroatoms. The molecule has 0 spiro atoms. The Morgan fingerprint density at radius 2 is 1.38 bits per heavy atom. The molecule has 24 heavy (non-hydrogen) atoms. The van der Waals surface area contributed by atoms with Crippen molar-refractivity contribution in [3.8, 4) is 0 Å². The molecule has 0 saturated heterocycles. The van der Waals surface area contributed by atoms with Crippen LogP contribution < -0.4 is 10.6 Å². The number of nitrogens with one attached hydrogen (secondary N) is 2. The summed E-state index contributed by atoms with van der Waals surface area (Å²) in [6.45, 7) is 7.01. The van der Waals surface area contributed by atoms with Crippen molar-refractivity contribution in [3.05, 3.63) is 12.3 Å². The minimum atomic E-state index is -0.828. The molecular formula is C14H22N2O8. The molecule has 0 saturated carbocycles. The van der Waals surface area contributed by atoms with Crippen LogP contribution in [0.15, 0.2) is 12.3 Å². The summed E-state index contributed by atoms with van der Waals surface area (Å²) in [5.74, 6) is -1.27. The van der Waals surface area contributed by atoms with Gasteiger partial charge in [0.25, 0.3) is 0 Å². The van der Waals surface area contributed by atoms with Gasteiger partial charge < -0.3 is 29.6 Å². The van der Waals surface area contributed by atoms with Crippen LogP contribution in [0, 0.1) is 0 Å². The Kier molecular flexibility index (Phi) is 10.4. The Labute approximate surface area is 139 Å². The van der Waals surface area contributed by atoms with E-state index in [9.17, 15) is 19.2 Å². The minimum absolute atomic E-state index is 0.179. The molecule has 0 fully saturated rings. The molecule has 0 aliphatic heterocycles. The van der Waals surface area contributed by atoms with Gasteiger partial charge in [0.15, 0.2) is 0 Å². The number of hydrogen-bond donors (Lipinski definition) is 2. The van der Waals surface area contributed by atoms with Gasteiger partial charge in [0.1, 0.15) is 26.3 Å². The Bertz CT molecular complexity index is 475. The summed E-state index contributed by atoms with van der Waals surface area (Å²) in [6.07, 6.45) is -1.87. The van der Waals surface area contributed by atoms with Crippen molar-refractivity contribution < 1.29 is 38.1 Å². The number of amides is 2. The molecule has 136 valence electrons. The molecule has 0 aliphatic carbocycles. The van der Waals surface area contributed by atoms with Crippen LogP contribution in [0.2, 0.25) is 0 Å². The molecule has 10 nitrogen and oxygen atoms in total. The SMILES string of the molecule is C=C(C)OC(=O)NCC(=O)OCCOC(=O)CNC(=O)OC(C)C. The smallest absolute Gasteiger partial charge is 0.412 e. The van der Waals surface area contributed by atoms with E-state index in [1.165, 1.54) is 6.92 Å². The normalized spacial score (nSPS) is 9.67. The van der Waals surface area contributed by atoms with Gasteiger partial charge in [-0.05, 0) is 20.8 Å². The van der Waals surface area contributed by atoms with Crippen LogP contribution in [0.5, 0.6) is 0 Å².